The molecule has 0 bridgehead atoms. The summed E-state index contributed by atoms with van der Waals surface area (Å²) in [6.45, 7) is 2.79. The van der Waals surface area contributed by atoms with Crippen LogP contribution in [0.15, 0.2) is 23.1 Å². The Morgan fingerprint density at radius 3 is 3.04 bits per heavy atom. The Labute approximate surface area is 141 Å². The molecule has 2 unspecified atom stereocenters. The highest BCUT2D eigenvalue weighted by Crippen LogP contribution is 2.36. The van der Waals surface area contributed by atoms with Crippen LogP contribution in [0.3, 0.4) is 0 Å². The number of benzene rings is 1. The second-order valence-electron chi connectivity index (χ2n) is 5.89. The highest BCUT2D eigenvalue weighted by atomic mass is 32.2. The van der Waals surface area contributed by atoms with E-state index in [1.807, 2.05) is 0 Å². The minimum absolute atomic E-state index is 0.139. The molecule has 1 aliphatic rings. The molecule has 3 N–H and O–H groups in total. The van der Waals surface area contributed by atoms with Crippen molar-refractivity contribution in [2.75, 3.05) is 18.9 Å². The molecule has 1 aromatic carbocycles. The molecule has 23 heavy (non-hydrogen) atoms. The summed E-state index contributed by atoms with van der Waals surface area (Å²) in [5.41, 5.74) is 0.858. The van der Waals surface area contributed by atoms with Gasteiger partial charge in [0.15, 0.2) is 0 Å². The highest BCUT2D eigenvalue weighted by Gasteiger charge is 2.23. The Kier molecular flexibility index (Phi) is 7.17. The number of rotatable bonds is 7. The number of hydrogen-bond donors (Lipinski definition) is 3. The van der Waals surface area contributed by atoms with Crippen molar-refractivity contribution in [3.8, 4) is 0 Å². The maximum Gasteiger partial charge on any atom is 0.315 e. The molecule has 0 fully saturated rings. The van der Waals surface area contributed by atoms with E-state index in [1.54, 1.807) is 17.8 Å². The summed E-state index contributed by atoms with van der Waals surface area (Å²) in [6.07, 6.45) is 3.50. The molecule has 1 aromatic rings. The number of amides is 2. The van der Waals surface area contributed by atoms with Gasteiger partial charge in [0.2, 0.25) is 0 Å². The van der Waals surface area contributed by atoms with Crippen molar-refractivity contribution in [3.63, 3.8) is 0 Å². The summed E-state index contributed by atoms with van der Waals surface area (Å²) >= 11 is 1.69. The van der Waals surface area contributed by atoms with Crippen LogP contribution in [-0.2, 0) is 0 Å². The summed E-state index contributed by atoms with van der Waals surface area (Å²) in [5.74, 6) is 0.929. The average molecular weight is 340 g/mol. The molecule has 128 valence electrons. The Balaban J connectivity index is 1.90. The third-order valence-corrected chi connectivity index (χ3v) is 5.22. The smallest absolute Gasteiger partial charge is 0.315 e. The second kappa shape index (κ2) is 9.13. The summed E-state index contributed by atoms with van der Waals surface area (Å²) in [6, 6.07) is 4.37. The van der Waals surface area contributed by atoms with Gasteiger partial charge in [-0.1, -0.05) is 13.3 Å². The lowest BCUT2D eigenvalue weighted by molar-refractivity contribution is 0.226. The fraction of sp³-hybridized carbons (Fsp3) is 0.588. The molecular formula is C17H25FN2O2S. The number of hydrogen-bond acceptors (Lipinski definition) is 3. The standard InChI is InChI=1S/C17H25FN2O2S/c1-2-3-12(6-8-21)11-19-17(22)20-15-7-9-23-16-5-4-13(18)10-14(15)16/h4-5,10,12,15,21H,2-3,6-9,11H2,1H3,(H2,19,20,22). The molecule has 4 nitrogen and oxygen atoms in total. The van der Waals surface area contributed by atoms with E-state index in [4.69, 9.17) is 5.11 Å². The molecule has 0 saturated carbocycles. The van der Waals surface area contributed by atoms with E-state index in [0.29, 0.717) is 18.9 Å². The first kappa shape index (κ1) is 18.1. The molecule has 0 radical (unpaired) electrons. The number of fused-ring (bicyclic) bond motifs is 1. The lowest BCUT2D eigenvalue weighted by atomic mass is 10.0. The predicted molar refractivity (Wildman–Crippen MR) is 91.1 cm³/mol. The zero-order valence-electron chi connectivity index (χ0n) is 13.5. The zero-order valence-corrected chi connectivity index (χ0v) is 14.3. The van der Waals surface area contributed by atoms with Crippen LogP contribution in [-0.4, -0.2) is 30.0 Å². The van der Waals surface area contributed by atoms with Crippen LogP contribution in [0.5, 0.6) is 0 Å². The van der Waals surface area contributed by atoms with E-state index in [-0.39, 0.29) is 24.5 Å². The van der Waals surface area contributed by atoms with Crippen LogP contribution >= 0.6 is 11.8 Å². The van der Waals surface area contributed by atoms with E-state index in [1.165, 1.54) is 12.1 Å². The van der Waals surface area contributed by atoms with Crippen molar-refractivity contribution < 1.29 is 14.3 Å². The molecule has 2 rings (SSSR count). The number of thioether (sulfide) groups is 1. The lowest BCUT2D eigenvalue weighted by Gasteiger charge is -2.26. The minimum atomic E-state index is -0.274. The number of carbonyl (C=O) groups is 1. The van der Waals surface area contributed by atoms with Crippen LogP contribution in [0.1, 0.15) is 44.2 Å². The normalized spacial score (nSPS) is 18.1. The molecule has 2 amide bonds. The maximum atomic E-state index is 13.5. The molecule has 0 saturated heterocycles. The predicted octanol–water partition coefficient (Wildman–Crippen LogP) is 3.46. The van der Waals surface area contributed by atoms with Gasteiger partial charge in [0, 0.05) is 23.8 Å². The molecular weight excluding hydrogens is 315 g/mol. The topological polar surface area (TPSA) is 61.4 Å². The van der Waals surface area contributed by atoms with Crippen LogP contribution in [0.25, 0.3) is 0 Å². The van der Waals surface area contributed by atoms with Gasteiger partial charge in [-0.2, -0.15) is 0 Å². The number of aliphatic hydroxyl groups is 1. The number of aliphatic hydroxyl groups excluding tert-OH is 1. The van der Waals surface area contributed by atoms with Gasteiger partial charge < -0.3 is 15.7 Å². The van der Waals surface area contributed by atoms with E-state index in [9.17, 15) is 9.18 Å². The van der Waals surface area contributed by atoms with Gasteiger partial charge in [-0.15, -0.1) is 11.8 Å². The Hall–Kier alpha value is -1.27. The fourth-order valence-corrected chi connectivity index (χ4v) is 4.01. The maximum absolute atomic E-state index is 13.5. The Morgan fingerprint density at radius 1 is 1.48 bits per heavy atom. The second-order valence-corrected chi connectivity index (χ2v) is 7.03. The summed E-state index contributed by atoms with van der Waals surface area (Å²) in [7, 11) is 0. The first-order valence-electron chi connectivity index (χ1n) is 8.21. The summed E-state index contributed by atoms with van der Waals surface area (Å²) in [5, 5.41) is 14.9. The van der Waals surface area contributed by atoms with Gasteiger partial charge in [0.1, 0.15) is 5.82 Å². The Morgan fingerprint density at radius 2 is 2.30 bits per heavy atom. The van der Waals surface area contributed by atoms with Crippen LogP contribution in [0.4, 0.5) is 9.18 Å². The fourth-order valence-electron chi connectivity index (χ4n) is 2.90. The van der Waals surface area contributed by atoms with Crippen molar-refractivity contribution in [1.82, 2.24) is 10.6 Å². The summed E-state index contributed by atoms with van der Waals surface area (Å²) < 4.78 is 13.5. The average Bonchev–Trinajstić information content (AvgIpc) is 2.54. The third-order valence-electron chi connectivity index (χ3n) is 4.10. The minimum Gasteiger partial charge on any atom is -0.396 e. The lowest BCUT2D eigenvalue weighted by Crippen LogP contribution is -2.41. The number of nitrogens with one attached hydrogen (secondary N) is 2. The number of urea groups is 1. The van der Waals surface area contributed by atoms with Gasteiger partial charge >= 0.3 is 6.03 Å². The van der Waals surface area contributed by atoms with Crippen molar-refractivity contribution in [3.05, 3.63) is 29.6 Å². The van der Waals surface area contributed by atoms with Gasteiger partial charge in [0.25, 0.3) is 0 Å². The first-order valence-corrected chi connectivity index (χ1v) is 9.20. The first-order chi connectivity index (χ1) is 11.1. The van der Waals surface area contributed by atoms with E-state index in [0.717, 1.165) is 35.5 Å². The molecule has 6 heteroatoms. The molecule has 2 atom stereocenters. The zero-order chi connectivity index (χ0) is 16.7. The molecule has 1 aliphatic heterocycles. The largest absolute Gasteiger partial charge is 0.396 e. The Bertz CT molecular complexity index is 521. The van der Waals surface area contributed by atoms with Gasteiger partial charge in [-0.05, 0) is 48.9 Å². The molecule has 0 aliphatic carbocycles. The summed E-state index contributed by atoms with van der Waals surface area (Å²) in [4.78, 5) is 13.2. The van der Waals surface area contributed by atoms with Crippen LogP contribution in [0, 0.1) is 11.7 Å². The number of carbonyl (C=O) groups excluding carboxylic acids is 1. The van der Waals surface area contributed by atoms with E-state index < -0.39 is 0 Å². The van der Waals surface area contributed by atoms with E-state index in [2.05, 4.69) is 17.6 Å². The van der Waals surface area contributed by atoms with Gasteiger partial charge in [-0.25, -0.2) is 9.18 Å². The van der Waals surface area contributed by atoms with E-state index >= 15 is 0 Å². The third kappa shape index (κ3) is 5.39. The van der Waals surface area contributed by atoms with Crippen molar-refractivity contribution in [1.29, 1.82) is 0 Å². The SMILES string of the molecule is CCCC(CCO)CNC(=O)NC1CCSc2ccc(F)cc21. The monoisotopic (exact) mass is 340 g/mol. The number of halogens is 1. The van der Waals surface area contributed by atoms with Crippen molar-refractivity contribution >= 4 is 17.8 Å². The van der Waals surface area contributed by atoms with Gasteiger partial charge in [0.05, 0.1) is 6.04 Å². The van der Waals surface area contributed by atoms with Crippen molar-refractivity contribution in [2.24, 2.45) is 5.92 Å². The van der Waals surface area contributed by atoms with Gasteiger partial charge in [-0.3, -0.25) is 0 Å². The molecule has 1 heterocycles. The highest BCUT2D eigenvalue weighted by molar-refractivity contribution is 7.99. The van der Waals surface area contributed by atoms with Crippen LogP contribution < -0.4 is 10.6 Å². The quantitative estimate of drug-likeness (QED) is 0.712. The molecule has 0 aromatic heterocycles. The van der Waals surface area contributed by atoms with Crippen molar-refractivity contribution in [2.45, 2.75) is 43.5 Å². The molecule has 0 spiro atoms. The van der Waals surface area contributed by atoms with Crippen LogP contribution in [0.2, 0.25) is 0 Å².